The van der Waals surface area contributed by atoms with Crippen LogP contribution in [0.1, 0.15) is 50.1 Å². The number of fused-ring (bicyclic) bond motifs is 1. The molecule has 0 bridgehead atoms. The number of aromatic nitrogens is 4. The number of nitro benzene ring substituents is 1. The molecular weight excluding hydrogens is 769 g/mol. The van der Waals surface area contributed by atoms with Gasteiger partial charge < -0.3 is 29.0 Å². The predicted octanol–water partition coefficient (Wildman–Crippen LogP) is 7.53. The minimum Gasteiger partial charge on any atom is -0.497 e. The second-order valence-corrected chi connectivity index (χ2v) is 13.8. The first-order valence-corrected chi connectivity index (χ1v) is 18.9. The maximum Gasteiger partial charge on any atom is 0.338 e. The first-order valence-electron chi connectivity index (χ1n) is 18.9. The third-order valence-corrected chi connectivity index (χ3v) is 10.3. The van der Waals surface area contributed by atoms with Crippen LogP contribution in [0.2, 0.25) is 0 Å². The number of ether oxygens (including phenoxy) is 5. The van der Waals surface area contributed by atoms with Crippen molar-refractivity contribution in [2.24, 2.45) is 0 Å². The number of methoxy groups -OCH3 is 2. The highest BCUT2D eigenvalue weighted by Gasteiger charge is 2.44. The Bertz CT molecular complexity index is 2560. The van der Waals surface area contributed by atoms with E-state index in [1.54, 1.807) is 43.1 Å². The predicted molar refractivity (Wildman–Crippen MR) is 219 cm³/mol. The number of non-ortho nitro benzene ring substituents is 1. The van der Waals surface area contributed by atoms with Gasteiger partial charge in [0.1, 0.15) is 41.9 Å². The van der Waals surface area contributed by atoms with Gasteiger partial charge in [-0.1, -0.05) is 72.8 Å². The van der Waals surface area contributed by atoms with Crippen molar-refractivity contribution in [2.75, 3.05) is 26.1 Å². The number of hydrogen-bond acceptors (Lipinski definition) is 12. The lowest BCUT2D eigenvalue weighted by atomic mass is 9.80. The third kappa shape index (κ3) is 7.86. The van der Waals surface area contributed by atoms with E-state index in [0.717, 1.165) is 16.7 Å². The number of nitrogens with zero attached hydrogens (tertiary/aromatic N) is 5. The molecule has 0 spiro atoms. The molecule has 15 nitrogen and oxygen atoms in total. The Kier molecular flexibility index (Phi) is 11.3. The number of nitrogens with one attached hydrogen (secondary N) is 1. The van der Waals surface area contributed by atoms with Crippen molar-refractivity contribution >= 4 is 34.5 Å². The van der Waals surface area contributed by atoms with Crippen molar-refractivity contribution in [1.82, 2.24) is 19.5 Å². The fraction of sp³-hybridized carbons (Fsp3) is 0.178. The number of benzene rings is 5. The van der Waals surface area contributed by atoms with Crippen molar-refractivity contribution < 1.29 is 38.2 Å². The average molecular weight is 807 g/mol. The Morgan fingerprint density at radius 2 is 1.38 bits per heavy atom. The molecular formula is C45H38N6O9. The molecule has 8 rings (SSSR count). The molecule has 5 aromatic carbocycles. The highest BCUT2D eigenvalue weighted by molar-refractivity contribution is 6.06. The van der Waals surface area contributed by atoms with E-state index in [4.69, 9.17) is 23.7 Å². The zero-order valence-electron chi connectivity index (χ0n) is 32.4. The Balaban J connectivity index is 1.16. The van der Waals surface area contributed by atoms with Crippen LogP contribution in [0.25, 0.3) is 11.2 Å². The molecule has 7 aromatic rings. The van der Waals surface area contributed by atoms with Crippen molar-refractivity contribution in [1.29, 1.82) is 0 Å². The van der Waals surface area contributed by atoms with Crippen molar-refractivity contribution in [3.8, 4) is 11.5 Å². The van der Waals surface area contributed by atoms with Gasteiger partial charge in [0.05, 0.1) is 37.6 Å². The Morgan fingerprint density at radius 1 is 0.783 bits per heavy atom. The van der Waals surface area contributed by atoms with Gasteiger partial charge in [-0.15, -0.1) is 0 Å². The fourth-order valence-corrected chi connectivity index (χ4v) is 7.27. The SMILES string of the molecule is COc1ccc(C(OC[C@H]2O[C@@H](n3cnc4c(NC(=O)c5ccccc5)ncnc43)C[C@@H]2OC(=O)c2ccc([N+](=O)[O-])cc2)(c2ccccc2)c2ccc(OC)cc2)cc1. The van der Waals surface area contributed by atoms with E-state index in [1.165, 1.54) is 36.9 Å². The van der Waals surface area contributed by atoms with E-state index in [-0.39, 0.29) is 36.0 Å². The number of hydrogen-bond donors (Lipinski definition) is 1. The molecule has 0 aliphatic carbocycles. The van der Waals surface area contributed by atoms with E-state index in [2.05, 4.69) is 20.3 Å². The maximum atomic E-state index is 13.7. The van der Waals surface area contributed by atoms with E-state index in [1.807, 2.05) is 84.9 Å². The summed E-state index contributed by atoms with van der Waals surface area (Å²) < 4.78 is 32.7. The van der Waals surface area contributed by atoms with Crippen LogP contribution < -0.4 is 14.8 Å². The van der Waals surface area contributed by atoms with Gasteiger partial charge in [0.15, 0.2) is 17.0 Å². The van der Waals surface area contributed by atoms with Crippen LogP contribution in [0.4, 0.5) is 11.5 Å². The summed E-state index contributed by atoms with van der Waals surface area (Å²) in [6.07, 6.45) is 0.503. The number of carbonyl (C=O) groups excluding carboxylic acids is 2. The number of esters is 1. The average Bonchev–Trinajstić information content (AvgIpc) is 3.92. The van der Waals surface area contributed by atoms with Gasteiger partial charge in [-0.3, -0.25) is 19.5 Å². The molecule has 1 N–H and O–H groups in total. The van der Waals surface area contributed by atoms with E-state index in [9.17, 15) is 19.7 Å². The van der Waals surface area contributed by atoms with Gasteiger partial charge in [-0.05, 0) is 65.2 Å². The van der Waals surface area contributed by atoms with Crippen LogP contribution in [0, 0.1) is 10.1 Å². The summed E-state index contributed by atoms with van der Waals surface area (Å²) in [5, 5.41) is 14.1. The molecule has 1 saturated heterocycles. The zero-order chi connectivity index (χ0) is 41.6. The van der Waals surface area contributed by atoms with Gasteiger partial charge in [0.2, 0.25) is 0 Å². The van der Waals surface area contributed by atoms with E-state index in [0.29, 0.717) is 28.2 Å². The van der Waals surface area contributed by atoms with E-state index >= 15 is 0 Å². The summed E-state index contributed by atoms with van der Waals surface area (Å²) in [6, 6.07) is 38.8. The summed E-state index contributed by atoms with van der Waals surface area (Å²) in [5.74, 6) is 0.462. The minimum atomic E-state index is -1.21. The molecule has 1 aliphatic rings. The summed E-state index contributed by atoms with van der Waals surface area (Å²) in [6.45, 7) is -0.0817. The molecule has 3 atom stereocenters. The monoisotopic (exact) mass is 806 g/mol. The second-order valence-electron chi connectivity index (χ2n) is 13.8. The van der Waals surface area contributed by atoms with Crippen molar-refractivity contribution in [2.45, 2.75) is 30.5 Å². The Morgan fingerprint density at radius 3 is 1.98 bits per heavy atom. The molecule has 60 heavy (non-hydrogen) atoms. The normalized spacial score (nSPS) is 16.3. The summed E-state index contributed by atoms with van der Waals surface area (Å²) in [4.78, 5) is 50.9. The molecule has 15 heteroatoms. The topological polar surface area (TPSA) is 179 Å². The number of anilines is 1. The largest absolute Gasteiger partial charge is 0.497 e. The van der Waals surface area contributed by atoms with Crippen LogP contribution in [-0.2, 0) is 19.8 Å². The standard InChI is InChI=1S/C45H38N6O9/c1-56-35-21-15-32(16-22-35)45(31-11-7-4-8-12-31,33-17-23-36(57-2)24-18-33)58-26-38-37(60-44(53)30-13-19-34(20-14-30)51(54)55)25-39(59-38)50-28-48-40-41(46-27-47-42(40)50)49-43(52)29-9-5-3-6-10-29/h3-24,27-28,37-39H,25-26H2,1-2H3,(H,46,47,49,52)/t37-,38+,39+/m0/s1. The molecule has 302 valence electrons. The fourth-order valence-electron chi connectivity index (χ4n) is 7.27. The lowest BCUT2D eigenvalue weighted by Crippen LogP contribution is -2.39. The number of nitro groups is 1. The zero-order valence-corrected chi connectivity index (χ0v) is 32.4. The molecule has 1 fully saturated rings. The van der Waals surface area contributed by atoms with Gasteiger partial charge in [-0.2, -0.15) is 0 Å². The van der Waals surface area contributed by atoms with Crippen LogP contribution >= 0.6 is 0 Å². The summed E-state index contributed by atoms with van der Waals surface area (Å²) in [5.41, 5.74) is 2.28. The summed E-state index contributed by atoms with van der Waals surface area (Å²) >= 11 is 0. The first-order chi connectivity index (χ1) is 29.3. The molecule has 2 aromatic heterocycles. The maximum absolute atomic E-state index is 13.7. The number of rotatable bonds is 14. The number of imidazole rings is 1. The molecule has 1 aliphatic heterocycles. The van der Waals surface area contributed by atoms with Gasteiger partial charge >= 0.3 is 5.97 Å². The van der Waals surface area contributed by atoms with Gasteiger partial charge in [0, 0.05) is 24.1 Å². The minimum absolute atomic E-state index is 0.0817. The molecule has 0 saturated carbocycles. The molecule has 0 unspecified atom stereocenters. The van der Waals surface area contributed by atoms with Crippen LogP contribution in [0.3, 0.4) is 0 Å². The highest BCUT2D eigenvalue weighted by Crippen LogP contribution is 2.43. The Hall–Kier alpha value is -7.49. The van der Waals surface area contributed by atoms with Crippen LogP contribution in [-0.4, -0.2) is 69.4 Å². The number of amides is 1. The quantitative estimate of drug-likeness (QED) is 0.0495. The number of carbonyl (C=O) groups is 2. The van der Waals surface area contributed by atoms with Crippen LogP contribution in [0.5, 0.6) is 11.5 Å². The smallest absolute Gasteiger partial charge is 0.338 e. The van der Waals surface area contributed by atoms with Crippen LogP contribution in [0.15, 0.2) is 146 Å². The molecule has 1 amide bonds. The Labute approximate surface area is 343 Å². The van der Waals surface area contributed by atoms with Gasteiger partial charge in [-0.25, -0.2) is 19.7 Å². The highest BCUT2D eigenvalue weighted by atomic mass is 16.6. The van der Waals surface area contributed by atoms with E-state index < -0.39 is 34.9 Å². The first kappa shape index (κ1) is 39.3. The lowest BCUT2D eigenvalue weighted by Gasteiger charge is -2.37. The van der Waals surface area contributed by atoms with Gasteiger partial charge in [0.25, 0.3) is 11.6 Å². The molecule has 3 heterocycles. The third-order valence-electron chi connectivity index (χ3n) is 10.3. The lowest BCUT2D eigenvalue weighted by molar-refractivity contribution is -0.384. The van der Waals surface area contributed by atoms with Crippen molar-refractivity contribution in [3.05, 3.63) is 184 Å². The second kappa shape index (κ2) is 17.2. The molecule has 0 radical (unpaired) electrons. The van der Waals surface area contributed by atoms with Crippen molar-refractivity contribution in [3.63, 3.8) is 0 Å². The summed E-state index contributed by atoms with van der Waals surface area (Å²) in [7, 11) is 3.20.